The van der Waals surface area contributed by atoms with Crippen LogP contribution in [0.4, 0.5) is 0 Å². The van der Waals surface area contributed by atoms with E-state index in [2.05, 4.69) is 36.8 Å². The standard InChI is InChI=1S/C60H58O12/c1-5-57(61)71-35-13-33-67-51-27-25-47-37-43(19-23-49(47)41-51)15-17-45-21-29-55(53(39-45)59(63)65-7-3)69-31-11-9-10-12-32-70-56-30-22-46(40-54(56)60(64)66-8-4)18-16-44-20-24-50-42-52(28-26-48(50)38-44)68-34-14-36-72-58(62)6-2/h5-6,19-30,37-42H,1-2,7-14,31-36H2,3-4H3. The van der Waals surface area contributed by atoms with Gasteiger partial charge in [-0.15, -0.1) is 0 Å². The maximum absolute atomic E-state index is 13.0. The molecule has 72 heavy (non-hydrogen) atoms. The van der Waals surface area contributed by atoms with Gasteiger partial charge in [-0.05, 0) is 146 Å². The van der Waals surface area contributed by atoms with E-state index in [0.29, 0.717) is 84.5 Å². The Morgan fingerprint density at radius 1 is 0.403 bits per heavy atom. The van der Waals surface area contributed by atoms with Crippen molar-refractivity contribution in [3.05, 3.63) is 168 Å². The topological polar surface area (TPSA) is 142 Å². The van der Waals surface area contributed by atoms with Crippen molar-refractivity contribution < 1.29 is 57.1 Å². The second kappa shape index (κ2) is 28.3. The van der Waals surface area contributed by atoms with Gasteiger partial charge in [-0.1, -0.05) is 61.1 Å². The van der Waals surface area contributed by atoms with Gasteiger partial charge in [0.25, 0.3) is 0 Å². The number of ether oxygens (including phenoxy) is 8. The summed E-state index contributed by atoms with van der Waals surface area (Å²) in [6, 6.07) is 34.0. The van der Waals surface area contributed by atoms with Crippen LogP contribution in [0.3, 0.4) is 0 Å². The van der Waals surface area contributed by atoms with Crippen LogP contribution < -0.4 is 18.9 Å². The molecule has 0 bridgehead atoms. The summed E-state index contributed by atoms with van der Waals surface area (Å²) in [6.07, 6.45) is 6.61. The monoisotopic (exact) mass is 970 g/mol. The van der Waals surface area contributed by atoms with Gasteiger partial charge in [0.05, 0.1) is 52.9 Å². The number of unbranched alkanes of at least 4 members (excludes halogenated alkanes) is 3. The number of hydrogen-bond donors (Lipinski definition) is 0. The van der Waals surface area contributed by atoms with Gasteiger partial charge in [-0.3, -0.25) is 0 Å². The Labute approximate surface area is 420 Å². The van der Waals surface area contributed by atoms with Gasteiger partial charge in [-0.25, -0.2) is 19.2 Å². The highest BCUT2D eigenvalue weighted by Crippen LogP contribution is 2.26. The summed E-state index contributed by atoms with van der Waals surface area (Å²) in [5.74, 6) is 13.2. The van der Waals surface area contributed by atoms with E-state index in [9.17, 15) is 19.2 Å². The Morgan fingerprint density at radius 2 is 0.764 bits per heavy atom. The van der Waals surface area contributed by atoms with Gasteiger partial charge in [0.1, 0.15) is 34.1 Å². The molecule has 0 spiro atoms. The van der Waals surface area contributed by atoms with Crippen molar-refractivity contribution in [2.75, 3.05) is 52.9 Å². The van der Waals surface area contributed by atoms with Gasteiger partial charge in [0.15, 0.2) is 0 Å². The average molecular weight is 971 g/mol. The van der Waals surface area contributed by atoms with Gasteiger partial charge in [0.2, 0.25) is 0 Å². The van der Waals surface area contributed by atoms with E-state index < -0.39 is 23.9 Å². The van der Waals surface area contributed by atoms with E-state index in [0.717, 1.165) is 70.5 Å². The Bertz CT molecular complexity index is 2800. The summed E-state index contributed by atoms with van der Waals surface area (Å²) in [7, 11) is 0. The molecule has 370 valence electrons. The average Bonchev–Trinajstić information content (AvgIpc) is 3.40. The smallest absolute Gasteiger partial charge is 0.341 e. The third kappa shape index (κ3) is 16.6. The van der Waals surface area contributed by atoms with Crippen LogP contribution in [0.2, 0.25) is 0 Å². The molecule has 0 heterocycles. The van der Waals surface area contributed by atoms with Crippen molar-refractivity contribution >= 4 is 45.4 Å². The minimum Gasteiger partial charge on any atom is -0.493 e. The van der Waals surface area contributed by atoms with Crippen molar-refractivity contribution in [1.82, 2.24) is 0 Å². The molecule has 6 aromatic carbocycles. The fourth-order valence-electron chi connectivity index (χ4n) is 7.16. The highest BCUT2D eigenvalue weighted by Gasteiger charge is 2.16. The van der Waals surface area contributed by atoms with Gasteiger partial charge >= 0.3 is 23.9 Å². The van der Waals surface area contributed by atoms with Crippen LogP contribution in [-0.2, 0) is 28.5 Å². The number of fused-ring (bicyclic) bond motifs is 2. The van der Waals surface area contributed by atoms with E-state index in [1.807, 2.05) is 84.9 Å². The molecule has 12 heteroatoms. The first kappa shape index (κ1) is 52.9. The van der Waals surface area contributed by atoms with Crippen molar-refractivity contribution in [2.45, 2.75) is 52.4 Å². The molecule has 0 unspecified atom stereocenters. The van der Waals surface area contributed by atoms with Crippen molar-refractivity contribution in [3.8, 4) is 46.7 Å². The lowest BCUT2D eigenvalue weighted by molar-refractivity contribution is -0.138. The summed E-state index contributed by atoms with van der Waals surface area (Å²) in [5, 5.41) is 3.98. The largest absolute Gasteiger partial charge is 0.493 e. The fraction of sp³-hybridized carbons (Fsp3) is 0.267. The quantitative estimate of drug-likeness (QED) is 0.0177. The lowest BCUT2D eigenvalue weighted by Gasteiger charge is -2.12. The Kier molecular flexibility index (Phi) is 20.7. The summed E-state index contributed by atoms with van der Waals surface area (Å²) in [4.78, 5) is 48.4. The number of esters is 4. The van der Waals surface area contributed by atoms with E-state index in [-0.39, 0.29) is 26.4 Å². The zero-order chi connectivity index (χ0) is 50.9. The summed E-state index contributed by atoms with van der Waals surface area (Å²) >= 11 is 0. The van der Waals surface area contributed by atoms with Crippen LogP contribution >= 0.6 is 0 Å². The fourth-order valence-corrected chi connectivity index (χ4v) is 7.16. The lowest BCUT2D eigenvalue weighted by Crippen LogP contribution is -2.09. The second-order valence-electron chi connectivity index (χ2n) is 16.1. The number of rotatable bonds is 25. The molecule has 0 saturated carbocycles. The van der Waals surface area contributed by atoms with E-state index >= 15 is 0 Å². The van der Waals surface area contributed by atoms with E-state index in [1.54, 1.807) is 38.1 Å². The number of hydrogen-bond acceptors (Lipinski definition) is 12. The number of carbonyl (C=O) groups is 4. The number of carbonyl (C=O) groups excluding carboxylic acids is 4. The second-order valence-corrected chi connectivity index (χ2v) is 16.1. The van der Waals surface area contributed by atoms with Gasteiger partial charge in [-0.2, -0.15) is 0 Å². The normalized spacial score (nSPS) is 10.4. The third-order valence-corrected chi connectivity index (χ3v) is 10.8. The maximum atomic E-state index is 13.0. The summed E-state index contributed by atoms with van der Waals surface area (Å²) < 4.78 is 44.5. The molecule has 0 fully saturated rings. The SMILES string of the molecule is C=CC(=O)OCCCOc1ccc2cc(C#Cc3ccc(OCCCCCCOc4ccc(C#Cc5ccc6cc(OCCCOC(=O)C=C)ccc6c5)cc4C(=O)OCC)c(C(=O)OCC)c3)ccc2c1. The molecule has 0 aliphatic heterocycles. The third-order valence-electron chi connectivity index (χ3n) is 10.8. The molecular formula is C60H58O12. The molecular weight excluding hydrogens is 913 g/mol. The predicted molar refractivity (Wildman–Crippen MR) is 277 cm³/mol. The van der Waals surface area contributed by atoms with Crippen molar-refractivity contribution in [2.24, 2.45) is 0 Å². The maximum Gasteiger partial charge on any atom is 0.341 e. The molecule has 0 saturated heterocycles. The summed E-state index contributed by atoms with van der Waals surface area (Å²) in [5.41, 5.74) is 3.53. The van der Waals surface area contributed by atoms with Crippen molar-refractivity contribution in [1.29, 1.82) is 0 Å². The molecule has 0 aromatic heterocycles. The Balaban J connectivity index is 0.962. The van der Waals surface area contributed by atoms with Crippen LogP contribution in [0.15, 0.2) is 135 Å². The first-order valence-electron chi connectivity index (χ1n) is 24.0. The van der Waals surface area contributed by atoms with Crippen LogP contribution in [0.1, 0.15) is 95.3 Å². The molecule has 0 aliphatic carbocycles. The lowest BCUT2D eigenvalue weighted by atomic mass is 10.1. The Morgan fingerprint density at radius 3 is 1.17 bits per heavy atom. The van der Waals surface area contributed by atoms with Crippen LogP contribution in [0, 0.1) is 23.7 Å². The summed E-state index contributed by atoms with van der Waals surface area (Å²) in [6.45, 7) is 12.9. The van der Waals surface area contributed by atoms with Crippen LogP contribution in [0.5, 0.6) is 23.0 Å². The first-order chi connectivity index (χ1) is 35.2. The minimum atomic E-state index is -0.482. The minimum absolute atomic E-state index is 0.221. The molecule has 0 aliphatic rings. The van der Waals surface area contributed by atoms with Crippen LogP contribution in [-0.4, -0.2) is 76.7 Å². The first-order valence-corrected chi connectivity index (χ1v) is 24.0. The highest BCUT2D eigenvalue weighted by atomic mass is 16.5. The van der Waals surface area contributed by atoms with Gasteiger partial charge in [0, 0.05) is 47.2 Å². The molecule has 0 amide bonds. The van der Waals surface area contributed by atoms with Crippen molar-refractivity contribution in [3.63, 3.8) is 0 Å². The molecule has 6 rings (SSSR count). The number of benzene rings is 6. The van der Waals surface area contributed by atoms with E-state index in [4.69, 9.17) is 37.9 Å². The van der Waals surface area contributed by atoms with Gasteiger partial charge < -0.3 is 37.9 Å². The zero-order valence-electron chi connectivity index (χ0n) is 40.8. The molecule has 0 atom stereocenters. The zero-order valence-corrected chi connectivity index (χ0v) is 40.8. The molecule has 6 aromatic rings. The predicted octanol–water partition coefficient (Wildman–Crippen LogP) is 11.2. The van der Waals surface area contributed by atoms with Crippen LogP contribution in [0.25, 0.3) is 21.5 Å². The molecule has 12 nitrogen and oxygen atoms in total. The molecule has 0 radical (unpaired) electrons. The molecule has 0 N–H and O–H groups in total. The van der Waals surface area contributed by atoms with E-state index in [1.165, 1.54) is 0 Å². The highest BCUT2D eigenvalue weighted by molar-refractivity contribution is 5.94. The Hall–Kier alpha value is -8.48.